The first-order valence-electron chi connectivity index (χ1n) is 10.7. The van der Waals surface area contributed by atoms with Gasteiger partial charge in [-0.25, -0.2) is 9.78 Å². The lowest BCUT2D eigenvalue weighted by molar-refractivity contribution is -0.142. The van der Waals surface area contributed by atoms with Crippen LogP contribution in [0.25, 0.3) is 16.9 Å². The summed E-state index contributed by atoms with van der Waals surface area (Å²) in [4.78, 5) is 15.2. The van der Waals surface area contributed by atoms with Gasteiger partial charge in [-0.1, -0.05) is 42.7 Å². The largest absolute Gasteiger partial charge is 0.497 e. The van der Waals surface area contributed by atoms with Gasteiger partial charge in [-0.3, -0.25) is 4.57 Å². The molecule has 2 aromatic carbocycles. The molecule has 0 bridgehead atoms. The summed E-state index contributed by atoms with van der Waals surface area (Å²) in [5.74, 6) is 0.930. The molecule has 0 radical (unpaired) electrons. The molecule has 0 aliphatic carbocycles. The molecular formula is C25H30N2O4. The maximum absolute atomic E-state index is 10.5. The number of unbranched alkanes of at least 4 members (excludes halogenated alkanes) is 3. The van der Waals surface area contributed by atoms with Crippen molar-refractivity contribution in [2.45, 2.75) is 39.0 Å². The van der Waals surface area contributed by atoms with E-state index in [1.165, 1.54) is 5.56 Å². The molecule has 0 spiro atoms. The number of aryl methyl sites for hydroxylation is 2. The minimum Gasteiger partial charge on any atom is -0.497 e. The number of methoxy groups -OCH3 is 1. The molecule has 0 aliphatic heterocycles. The van der Waals surface area contributed by atoms with E-state index in [-0.39, 0.29) is 6.61 Å². The molecule has 0 saturated heterocycles. The van der Waals surface area contributed by atoms with Crippen molar-refractivity contribution in [2.75, 3.05) is 20.3 Å². The molecule has 0 fully saturated rings. The third-order valence-corrected chi connectivity index (χ3v) is 5.16. The van der Waals surface area contributed by atoms with Crippen molar-refractivity contribution in [1.29, 1.82) is 0 Å². The monoisotopic (exact) mass is 422 g/mol. The number of nitrogens with zero attached hydrogens (tertiary/aromatic N) is 2. The number of hydrogen-bond donors (Lipinski definition) is 1. The summed E-state index contributed by atoms with van der Waals surface area (Å²) in [5.41, 5.74) is 4.42. The van der Waals surface area contributed by atoms with Gasteiger partial charge in [-0.05, 0) is 44.0 Å². The Morgan fingerprint density at radius 2 is 1.84 bits per heavy atom. The second-order valence-electron chi connectivity index (χ2n) is 7.57. The molecule has 1 heterocycles. The summed E-state index contributed by atoms with van der Waals surface area (Å²) in [7, 11) is 1.68. The van der Waals surface area contributed by atoms with Crippen molar-refractivity contribution in [3.63, 3.8) is 0 Å². The van der Waals surface area contributed by atoms with E-state index in [1.807, 2.05) is 24.4 Å². The number of carbonyl (C=O) groups is 1. The van der Waals surface area contributed by atoms with Crippen LogP contribution in [0.5, 0.6) is 5.75 Å². The van der Waals surface area contributed by atoms with Gasteiger partial charge in [0, 0.05) is 24.3 Å². The number of aliphatic carboxylic acids is 1. The summed E-state index contributed by atoms with van der Waals surface area (Å²) in [6, 6.07) is 16.5. The Kier molecular flexibility index (Phi) is 8.24. The van der Waals surface area contributed by atoms with Gasteiger partial charge in [0.05, 0.1) is 19.0 Å². The first kappa shape index (κ1) is 22.6. The van der Waals surface area contributed by atoms with Crippen LogP contribution < -0.4 is 4.74 Å². The van der Waals surface area contributed by atoms with Gasteiger partial charge >= 0.3 is 5.97 Å². The van der Waals surface area contributed by atoms with Crippen molar-refractivity contribution in [2.24, 2.45) is 0 Å². The highest BCUT2D eigenvalue weighted by atomic mass is 16.5. The van der Waals surface area contributed by atoms with Crippen molar-refractivity contribution < 1.29 is 19.4 Å². The lowest BCUT2D eigenvalue weighted by Gasteiger charge is -2.13. The predicted octanol–water partition coefficient (Wildman–Crippen LogP) is 5.06. The van der Waals surface area contributed by atoms with Gasteiger partial charge in [-0.15, -0.1) is 0 Å². The van der Waals surface area contributed by atoms with Crippen LogP contribution in [0.15, 0.2) is 54.7 Å². The summed E-state index contributed by atoms with van der Waals surface area (Å²) < 4.78 is 12.7. The lowest BCUT2D eigenvalue weighted by atomic mass is 10.1. The van der Waals surface area contributed by atoms with Gasteiger partial charge < -0.3 is 14.6 Å². The van der Waals surface area contributed by atoms with Crippen molar-refractivity contribution in [1.82, 2.24) is 9.55 Å². The molecule has 0 atom stereocenters. The Morgan fingerprint density at radius 3 is 2.58 bits per heavy atom. The average Bonchev–Trinajstić information content (AvgIpc) is 3.20. The van der Waals surface area contributed by atoms with E-state index < -0.39 is 5.97 Å². The Morgan fingerprint density at radius 1 is 1.06 bits per heavy atom. The average molecular weight is 423 g/mol. The molecule has 6 heteroatoms. The summed E-state index contributed by atoms with van der Waals surface area (Å²) in [6.07, 6.45) is 6.74. The number of benzene rings is 2. The number of rotatable bonds is 12. The van der Waals surface area contributed by atoms with Crippen LogP contribution in [0.2, 0.25) is 0 Å². The molecule has 0 aliphatic rings. The number of hydrogen-bond acceptors (Lipinski definition) is 4. The zero-order chi connectivity index (χ0) is 22.1. The quantitative estimate of drug-likeness (QED) is 0.413. The molecule has 1 N–H and O–H groups in total. The molecule has 3 aromatic rings. The van der Waals surface area contributed by atoms with Gasteiger partial charge in [0.15, 0.2) is 0 Å². The Bertz CT molecular complexity index is 979. The highest BCUT2D eigenvalue weighted by molar-refractivity contribution is 5.68. The standard InChI is InChI=1S/C25H30N2O4/c1-19-11-13-21(14-12-19)27-23(20-8-7-9-22(16-20)30-2)17-26-24(27)10-5-3-4-6-15-31-18-25(28)29/h7-9,11-14,16-17H,3-6,10,15,18H2,1-2H3,(H,28,29). The minimum atomic E-state index is -0.921. The van der Waals surface area contributed by atoms with E-state index in [4.69, 9.17) is 19.6 Å². The van der Waals surface area contributed by atoms with Crippen molar-refractivity contribution >= 4 is 5.97 Å². The molecule has 0 unspecified atom stereocenters. The van der Waals surface area contributed by atoms with Crippen LogP contribution >= 0.6 is 0 Å². The summed E-state index contributed by atoms with van der Waals surface area (Å²) in [5, 5.41) is 8.59. The van der Waals surface area contributed by atoms with E-state index in [1.54, 1.807) is 7.11 Å². The molecule has 0 amide bonds. The van der Waals surface area contributed by atoms with Gasteiger partial charge in [0.2, 0.25) is 0 Å². The lowest BCUT2D eigenvalue weighted by Crippen LogP contribution is -2.07. The normalized spacial score (nSPS) is 10.9. The topological polar surface area (TPSA) is 73.6 Å². The Labute approximate surface area is 183 Å². The van der Waals surface area contributed by atoms with E-state index in [0.29, 0.717) is 6.61 Å². The second kappa shape index (κ2) is 11.3. The highest BCUT2D eigenvalue weighted by Gasteiger charge is 2.14. The van der Waals surface area contributed by atoms with Crippen molar-refractivity contribution in [3.05, 3.63) is 66.1 Å². The van der Waals surface area contributed by atoms with Crippen LogP contribution in [-0.4, -0.2) is 41.0 Å². The highest BCUT2D eigenvalue weighted by Crippen LogP contribution is 2.28. The molecule has 164 valence electrons. The first-order chi connectivity index (χ1) is 15.1. The third-order valence-electron chi connectivity index (χ3n) is 5.16. The predicted molar refractivity (Wildman–Crippen MR) is 121 cm³/mol. The van der Waals surface area contributed by atoms with Crippen LogP contribution in [0.4, 0.5) is 0 Å². The molecular weight excluding hydrogens is 392 g/mol. The van der Waals surface area contributed by atoms with Gasteiger partial charge in [-0.2, -0.15) is 0 Å². The number of imidazole rings is 1. The molecule has 0 saturated carbocycles. The molecule has 1 aromatic heterocycles. The Balaban J connectivity index is 1.71. The van der Waals surface area contributed by atoms with Crippen LogP contribution in [0.3, 0.4) is 0 Å². The summed E-state index contributed by atoms with van der Waals surface area (Å²) in [6.45, 7) is 2.35. The molecule has 3 rings (SSSR count). The van der Waals surface area contributed by atoms with Crippen LogP contribution in [0, 0.1) is 6.92 Å². The number of carboxylic acids is 1. The first-order valence-corrected chi connectivity index (χ1v) is 10.7. The SMILES string of the molecule is COc1cccc(-c2cnc(CCCCCCOCC(=O)O)n2-c2ccc(C)cc2)c1. The van der Waals surface area contributed by atoms with E-state index in [0.717, 1.165) is 60.6 Å². The zero-order valence-electron chi connectivity index (χ0n) is 18.2. The number of ether oxygens (including phenoxy) is 2. The van der Waals surface area contributed by atoms with Crippen LogP contribution in [-0.2, 0) is 16.0 Å². The summed E-state index contributed by atoms with van der Waals surface area (Å²) >= 11 is 0. The fourth-order valence-corrected chi connectivity index (χ4v) is 3.53. The second-order valence-corrected chi connectivity index (χ2v) is 7.57. The van der Waals surface area contributed by atoms with Gasteiger partial charge in [0.25, 0.3) is 0 Å². The maximum atomic E-state index is 10.5. The third kappa shape index (κ3) is 6.43. The van der Waals surface area contributed by atoms with Crippen LogP contribution in [0.1, 0.15) is 37.1 Å². The van der Waals surface area contributed by atoms with Crippen molar-refractivity contribution in [3.8, 4) is 22.7 Å². The van der Waals surface area contributed by atoms with E-state index in [2.05, 4.69) is 41.8 Å². The number of carboxylic acid groups (broad SMARTS) is 1. The number of aromatic nitrogens is 2. The molecule has 31 heavy (non-hydrogen) atoms. The Hall–Kier alpha value is -3.12. The zero-order valence-corrected chi connectivity index (χ0v) is 18.2. The van der Waals surface area contributed by atoms with Gasteiger partial charge in [0.1, 0.15) is 18.2 Å². The molecule has 6 nitrogen and oxygen atoms in total. The smallest absolute Gasteiger partial charge is 0.329 e. The maximum Gasteiger partial charge on any atom is 0.329 e. The fourth-order valence-electron chi connectivity index (χ4n) is 3.53. The van der Waals surface area contributed by atoms with E-state index >= 15 is 0 Å². The van der Waals surface area contributed by atoms with E-state index in [9.17, 15) is 4.79 Å². The minimum absolute atomic E-state index is 0.221. The fraction of sp³-hybridized carbons (Fsp3) is 0.360.